The Morgan fingerprint density at radius 2 is 1.24 bits per heavy atom. The number of halogens is 4. The average Bonchev–Trinajstić information content (AvgIpc) is 2.62. The lowest BCUT2D eigenvalue weighted by atomic mass is 10.0. The number of rotatable bonds is 12. The highest BCUT2D eigenvalue weighted by Crippen LogP contribution is 2.33. The molecular formula is C19H24F4O2. The summed E-state index contributed by atoms with van der Waals surface area (Å²) >= 11 is 0. The van der Waals surface area contributed by atoms with E-state index in [1.54, 1.807) is 0 Å². The van der Waals surface area contributed by atoms with Gasteiger partial charge in [-0.2, -0.15) is 0 Å². The molecule has 0 aromatic heterocycles. The van der Waals surface area contributed by atoms with E-state index in [2.05, 4.69) is 26.3 Å². The molecule has 25 heavy (non-hydrogen) atoms. The molecule has 0 bridgehead atoms. The average molecular weight is 360 g/mol. The first-order chi connectivity index (χ1) is 11.7. The van der Waals surface area contributed by atoms with Crippen molar-refractivity contribution in [1.82, 2.24) is 0 Å². The molecule has 0 aromatic rings. The van der Waals surface area contributed by atoms with Gasteiger partial charge in [0, 0.05) is 30.4 Å². The smallest absolute Gasteiger partial charge is 0.166 e. The summed E-state index contributed by atoms with van der Waals surface area (Å²) in [4.78, 5) is 0. The highest BCUT2D eigenvalue weighted by Gasteiger charge is 2.21. The third-order valence-electron chi connectivity index (χ3n) is 3.13. The highest BCUT2D eigenvalue weighted by atomic mass is 19.2. The molecule has 0 aliphatic rings. The van der Waals surface area contributed by atoms with Crippen LogP contribution in [0.2, 0.25) is 0 Å². The zero-order valence-electron chi connectivity index (χ0n) is 14.7. The third-order valence-corrected chi connectivity index (χ3v) is 3.13. The van der Waals surface area contributed by atoms with Crippen molar-refractivity contribution < 1.29 is 27.0 Å². The second-order valence-corrected chi connectivity index (χ2v) is 5.22. The Kier molecular flexibility index (Phi) is 10.7. The molecule has 0 unspecified atom stereocenters. The van der Waals surface area contributed by atoms with Crippen molar-refractivity contribution >= 4 is 0 Å². The molecule has 0 N–H and O–H groups in total. The molecule has 0 saturated carbocycles. The molecule has 0 aliphatic carbocycles. The first-order valence-corrected chi connectivity index (χ1v) is 7.61. The monoisotopic (exact) mass is 360 g/mol. The van der Waals surface area contributed by atoms with Crippen LogP contribution in [0.4, 0.5) is 17.6 Å². The number of hydrogen-bond acceptors (Lipinski definition) is 2. The molecule has 140 valence electrons. The Bertz CT molecular complexity index is 601. The molecule has 0 atom stereocenters. The Morgan fingerprint density at radius 3 is 1.68 bits per heavy atom. The zero-order valence-corrected chi connectivity index (χ0v) is 14.7. The molecule has 0 amide bonds. The van der Waals surface area contributed by atoms with Crippen LogP contribution in [-0.4, -0.2) is 26.9 Å². The van der Waals surface area contributed by atoms with Gasteiger partial charge in [0.2, 0.25) is 0 Å². The van der Waals surface area contributed by atoms with E-state index in [1.807, 2.05) is 6.92 Å². The van der Waals surface area contributed by atoms with Crippen LogP contribution in [0, 0.1) is 0 Å². The van der Waals surface area contributed by atoms with Crippen LogP contribution in [0.1, 0.15) is 19.8 Å². The summed E-state index contributed by atoms with van der Waals surface area (Å²) in [5.41, 5.74) is -1.89. The third kappa shape index (κ3) is 7.23. The van der Waals surface area contributed by atoms with Gasteiger partial charge in [0.25, 0.3) is 0 Å². The molecule has 0 rings (SSSR count). The SMILES string of the molecule is C=C(CCOC)/C(F)=C(/F)C(=C)C(=C)/C(F)=C(/F)C(=C)COCCC. The summed E-state index contributed by atoms with van der Waals surface area (Å²) < 4.78 is 65.9. The highest BCUT2D eigenvalue weighted by molar-refractivity contribution is 5.53. The van der Waals surface area contributed by atoms with Crippen molar-refractivity contribution in [2.75, 3.05) is 26.9 Å². The van der Waals surface area contributed by atoms with Crippen LogP contribution >= 0.6 is 0 Å². The summed E-state index contributed by atoms with van der Waals surface area (Å²) in [7, 11) is 1.39. The normalized spacial score (nSPS) is 13.0. The van der Waals surface area contributed by atoms with Crippen LogP contribution in [0.25, 0.3) is 0 Å². The Labute approximate surface area is 146 Å². The Balaban J connectivity index is 5.24. The summed E-state index contributed by atoms with van der Waals surface area (Å²) in [5, 5.41) is 0. The molecule has 0 saturated heterocycles. The summed E-state index contributed by atoms with van der Waals surface area (Å²) in [6.45, 7) is 15.3. The molecule has 0 aromatic carbocycles. The number of hydrogen-bond donors (Lipinski definition) is 0. The quantitative estimate of drug-likeness (QED) is 0.242. The summed E-state index contributed by atoms with van der Waals surface area (Å²) in [6, 6.07) is 0. The van der Waals surface area contributed by atoms with E-state index in [0.717, 1.165) is 0 Å². The van der Waals surface area contributed by atoms with E-state index in [0.29, 0.717) is 13.0 Å². The van der Waals surface area contributed by atoms with Crippen LogP contribution in [-0.2, 0) is 9.47 Å². The first kappa shape index (κ1) is 23.1. The van der Waals surface area contributed by atoms with Crippen LogP contribution in [0.5, 0.6) is 0 Å². The molecule has 2 nitrogen and oxygen atoms in total. The Hall–Kier alpha value is -1.92. The Morgan fingerprint density at radius 1 is 0.760 bits per heavy atom. The molecule has 0 heterocycles. The van der Waals surface area contributed by atoms with Crippen molar-refractivity contribution in [3.05, 3.63) is 71.9 Å². The first-order valence-electron chi connectivity index (χ1n) is 7.61. The maximum Gasteiger partial charge on any atom is 0.166 e. The van der Waals surface area contributed by atoms with Gasteiger partial charge < -0.3 is 9.47 Å². The van der Waals surface area contributed by atoms with Crippen molar-refractivity contribution in [3.8, 4) is 0 Å². The fraction of sp³-hybridized carbons (Fsp3) is 0.368. The second-order valence-electron chi connectivity index (χ2n) is 5.22. The van der Waals surface area contributed by atoms with Crippen LogP contribution in [0.15, 0.2) is 71.9 Å². The number of allylic oxidation sites excluding steroid dienone is 5. The number of ether oxygens (including phenoxy) is 2. The molecule has 0 radical (unpaired) electrons. The summed E-state index contributed by atoms with van der Waals surface area (Å²) in [6.07, 6.45) is 0.737. The summed E-state index contributed by atoms with van der Waals surface area (Å²) in [5.74, 6) is -5.57. The fourth-order valence-corrected chi connectivity index (χ4v) is 1.58. The van der Waals surface area contributed by atoms with Crippen LogP contribution in [0.3, 0.4) is 0 Å². The lowest BCUT2D eigenvalue weighted by Gasteiger charge is -2.11. The molecular weight excluding hydrogens is 336 g/mol. The van der Waals surface area contributed by atoms with Gasteiger partial charge in [-0.25, -0.2) is 17.6 Å². The van der Waals surface area contributed by atoms with E-state index in [9.17, 15) is 17.6 Å². The minimum Gasteiger partial charge on any atom is -0.384 e. The number of methoxy groups -OCH3 is 1. The van der Waals surface area contributed by atoms with Crippen molar-refractivity contribution in [3.63, 3.8) is 0 Å². The van der Waals surface area contributed by atoms with Gasteiger partial charge in [0.05, 0.1) is 13.2 Å². The van der Waals surface area contributed by atoms with Crippen molar-refractivity contribution in [2.45, 2.75) is 19.8 Å². The van der Waals surface area contributed by atoms with Crippen molar-refractivity contribution in [1.29, 1.82) is 0 Å². The molecule has 0 spiro atoms. The largest absolute Gasteiger partial charge is 0.384 e. The predicted molar refractivity (Wildman–Crippen MR) is 92.6 cm³/mol. The minimum atomic E-state index is -1.47. The van der Waals surface area contributed by atoms with Gasteiger partial charge in [-0.1, -0.05) is 33.2 Å². The van der Waals surface area contributed by atoms with Crippen LogP contribution < -0.4 is 0 Å². The lowest BCUT2D eigenvalue weighted by Crippen LogP contribution is -2.02. The maximum atomic E-state index is 14.1. The van der Waals surface area contributed by atoms with E-state index < -0.39 is 34.5 Å². The molecule has 6 heteroatoms. The second kappa shape index (κ2) is 11.6. The van der Waals surface area contributed by atoms with E-state index >= 15 is 0 Å². The minimum absolute atomic E-state index is 0.0355. The fourth-order valence-electron chi connectivity index (χ4n) is 1.58. The lowest BCUT2D eigenvalue weighted by molar-refractivity contribution is 0.156. The van der Waals surface area contributed by atoms with Gasteiger partial charge in [0.15, 0.2) is 23.3 Å². The standard InChI is InChI=1S/C19H24F4O2/c1-7-9-25-11-13(3)17(21)19(23)15(5)14(4)18(22)16(20)12(2)8-10-24-6/h2-5,7-11H2,1,6H3/b18-16-,19-17-. The van der Waals surface area contributed by atoms with Gasteiger partial charge in [-0.05, 0) is 18.4 Å². The topological polar surface area (TPSA) is 18.5 Å². The van der Waals surface area contributed by atoms with E-state index in [4.69, 9.17) is 9.47 Å². The van der Waals surface area contributed by atoms with Gasteiger partial charge in [0.1, 0.15) is 0 Å². The maximum absolute atomic E-state index is 14.1. The van der Waals surface area contributed by atoms with Gasteiger partial charge >= 0.3 is 0 Å². The zero-order chi connectivity index (χ0) is 19.6. The predicted octanol–water partition coefficient (Wildman–Crippen LogP) is 5.98. The van der Waals surface area contributed by atoms with E-state index in [1.165, 1.54) is 7.11 Å². The van der Waals surface area contributed by atoms with E-state index in [-0.39, 0.29) is 30.8 Å². The van der Waals surface area contributed by atoms with Gasteiger partial charge in [-0.3, -0.25) is 0 Å². The van der Waals surface area contributed by atoms with Gasteiger partial charge in [-0.15, -0.1) is 0 Å². The van der Waals surface area contributed by atoms with Crippen molar-refractivity contribution in [2.24, 2.45) is 0 Å². The molecule has 0 fully saturated rings. The molecule has 0 aliphatic heterocycles.